The molecule has 8 heteroatoms. The Kier molecular flexibility index (Phi) is 5.99. The summed E-state index contributed by atoms with van der Waals surface area (Å²) < 4.78 is 4.89. The van der Waals surface area contributed by atoms with Crippen LogP contribution in [-0.4, -0.2) is 36.0 Å². The van der Waals surface area contributed by atoms with Crippen LogP contribution < -0.4 is 5.43 Å². The number of esters is 1. The largest absolute Gasteiger partial charge is 0.461 e. The van der Waals surface area contributed by atoms with Crippen LogP contribution in [0.2, 0.25) is 0 Å². The molecule has 1 rings (SSSR count). The normalized spacial score (nSPS) is 12.0. The number of carbonyl (C=O) groups is 1. The van der Waals surface area contributed by atoms with Gasteiger partial charge in [-0.05, 0) is 26.0 Å². The van der Waals surface area contributed by atoms with Crippen molar-refractivity contribution < 1.29 is 14.5 Å². The molecule has 0 saturated heterocycles. The number of ether oxygens (including phenoxy) is 1. The second kappa shape index (κ2) is 7.73. The second-order valence-corrected chi connectivity index (χ2v) is 3.91. The van der Waals surface area contributed by atoms with Crippen molar-refractivity contribution in [3.63, 3.8) is 0 Å². The SMILES string of the molecule is CCOC(=O)/C(=N\Nc1ccc([N+](=O)[O-])cc1)C(C)=NC. The molecule has 1 aromatic rings. The molecule has 21 heavy (non-hydrogen) atoms. The summed E-state index contributed by atoms with van der Waals surface area (Å²) in [7, 11) is 1.54. The molecule has 0 aliphatic rings. The van der Waals surface area contributed by atoms with Gasteiger partial charge in [-0.3, -0.25) is 20.5 Å². The quantitative estimate of drug-likeness (QED) is 0.373. The maximum atomic E-state index is 11.7. The molecule has 0 unspecified atom stereocenters. The number of nitro benzene ring substituents is 1. The van der Waals surface area contributed by atoms with Crippen LogP contribution in [0.4, 0.5) is 11.4 Å². The van der Waals surface area contributed by atoms with E-state index in [1.807, 2.05) is 0 Å². The van der Waals surface area contributed by atoms with Crippen molar-refractivity contribution >= 4 is 28.8 Å². The molecular weight excluding hydrogens is 276 g/mol. The summed E-state index contributed by atoms with van der Waals surface area (Å²) in [5, 5.41) is 14.5. The number of nitro groups is 1. The number of aliphatic imine (C=N–C) groups is 1. The fourth-order valence-corrected chi connectivity index (χ4v) is 1.36. The van der Waals surface area contributed by atoms with Crippen molar-refractivity contribution in [1.29, 1.82) is 0 Å². The smallest absolute Gasteiger partial charge is 0.360 e. The molecule has 1 N–H and O–H groups in total. The van der Waals surface area contributed by atoms with Gasteiger partial charge in [0.1, 0.15) is 0 Å². The highest BCUT2D eigenvalue weighted by Gasteiger charge is 2.16. The Hall–Kier alpha value is -2.77. The van der Waals surface area contributed by atoms with E-state index in [2.05, 4.69) is 15.5 Å². The first-order valence-electron chi connectivity index (χ1n) is 6.18. The first-order chi connectivity index (χ1) is 9.99. The molecule has 0 aliphatic heterocycles. The molecular formula is C13H16N4O4. The molecule has 8 nitrogen and oxygen atoms in total. The minimum absolute atomic E-state index is 0.0264. The lowest BCUT2D eigenvalue weighted by Crippen LogP contribution is -2.25. The first-order valence-corrected chi connectivity index (χ1v) is 6.18. The highest BCUT2D eigenvalue weighted by molar-refractivity contribution is 6.65. The summed E-state index contributed by atoms with van der Waals surface area (Å²) in [4.78, 5) is 25.7. The van der Waals surface area contributed by atoms with Crippen LogP contribution in [0.25, 0.3) is 0 Å². The van der Waals surface area contributed by atoms with E-state index in [0.717, 1.165) is 0 Å². The van der Waals surface area contributed by atoms with Crippen molar-refractivity contribution in [2.24, 2.45) is 10.1 Å². The van der Waals surface area contributed by atoms with Gasteiger partial charge in [-0.1, -0.05) is 0 Å². The van der Waals surface area contributed by atoms with Gasteiger partial charge in [0.2, 0.25) is 0 Å². The van der Waals surface area contributed by atoms with Gasteiger partial charge >= 0.3 is 5.97 Å². The van der Waals surface area contributed by atoms with Crippen LogP contribution in [-0.2, 0) is 9.53 Å². The Morgan fingerprint density at radius 2 is 2.00 bits per heavy atom. The number of nitrogens with zero attached hydrogens (tertiary/aromatic N) is 3. The Bertz CT molecular complexity index is 578. The maximum absolute atomic E-state index is 11.7. The zero-order chi connectivity index (χ0) is 15.8. The van der Waals surface area contributed by atoms with E-state index in [4.69, 9.17) is 4.74 Å². The van der Waals surface area contributed by atoms with Crippen LogP contribution in [0.5, 0.6) is 0 Å². The highest BCUT2D eigenvalue weighted by atomic mass is 16.6. The molecule has 0 heterocycles. The molecule has 0 bridgehead atoms. The fraction of sp³-hybridized carbons (Fsp3) is 0.308. The fourth-order valence-electron chi connectivity index (χ4n) is 1.36. The summed E-state index contributed by atoms with van der Waals surface area (Å²) >= 11 is 0. The summed E-state index contributed by atoms with van der Waals surface area (Å²) in [5.41, 5.74) is 3.60. The van der Waals surface area contributed by atoms with Crippen molar-refractivity contribution in [3.8, 4) is 0 Å². The number of non-ortho nitro benzene ring substituents is 1. The van der Waals surface area contributed by atoms with E-state index in [0.29, 0.717) is 11.4 Å². The third kappa shape index (κ3) is 4.68. The Morgan fingerprint density at radius 3 is 2.48 bits per heavy atom. The van der Waals surface area contributed by atoms with E-state index in [1.165, 1.54) is 31.3 Å². The number of hydrogen-bond acceptors (Lipinski definition) is 7. The minimum Gasteiger partial charge on any atom is -0.461 e. The van der Waals surface area contributed by atoms with Gasteiger partial charge < -0.3 is 4.74 Å². The summed E-state index contributed by atoms with van der Waals surface area (Å²) in [6.45, 7) is 3.55. The molecule has 0 aromatic heterocycles. The van der Waals surface area contributed by atoms with E-state index in [-0.39, 0.29) is 18.0 Å². The highest BCUT2D eigenvalue weighted by Crippen LogP contribution is 2.15. The summed E-state index contributed by atoms with van der Waals surface area (Å²) in [5.74, 6) is -0.588. The predicted molar refractivity (Wildman–Crippen MR) is 79.8 cm³/mol. The maximum Gasteiger partial charge on any atom is 0.360 e. The molecule has 0 atom stereocenters. The number of rotatable bonds is 6. The average molecular weight is 292 g/mol. The predicted octanol–water partition coefficient (Wildman–Crippen LogP) is 2.02. The average Bonchev–Trinajstić information content (AvgIpc) is 2.47. The first kappa shape index (κ1) is 16.3. The van der Waals surface area contributed by atoms with Gasteiger partial charge in [0, 0.05) is 19.2 Å². The number of hydrazone groups is 1. The molecule has 1 aromatic carbocycles. The van der Waals surface area contributed by atoms with Gasteiger partial charge in [-0.15, -0.1) is 0 Å². The topological polar surface area (TPSA) is 106 Å². The van der Waals surface area contributed by atoms with Crippen LogP contribution in [0, 0.1) is 10.1 Å². The van der Waals surface area contributed by atoms with E-state index < -0.39 is 10.9 Å². The number of hydrogen-bond donors (Lipinski definition) is 1. The minimum atomic E-state index is -0.588. The Labute approximate surface area is 121 Å². The van der Waals surface area contributed by atoms with Crippen molar-refractivity contribution in [3.05, 3.63) is 34.4 Å². The monoisotopic (exact) mass is 292 g/mol. The molecule has 0 fully saturated rings. The van der Waals surface area contributed by atoms with Gasteiger partial charge in [0.25, 0.3) is 5.69 Å². The zero-order valence-corrected chi connectivity index (χ0v) is 12.0. The Morgan fingerprint density at radius 1 is 1.38 bits per heavy atom. The molecule has 0 aliphatic carbocycles. The Balaban J connectivity index is 2.91. The summed E-state index contributed by atoms with van der Waals surface area (Å²) in [6.07, 6.45) is 0. The van der Waals surface area contributed by atoms with Crippen molar-refractivity contribution in [1.82, 2.24) is 0 Å². The van der Waals surface area contributed by atoms with Gasteiger partial charge in [0.15, 0.2) is 5.71 Å². The molecule has 112 valence electrons. The third-order valence-electron chi connectivity index (χ3n) is 2.52. The number of anilines is 1. The molecule has 0 saturated carbocycles. The standard InChI is InChI=1S/C13H16N4O4/c1-4-21-13(18)12(9(2)14-3)16-15-10-5-7-11(8-6-10)17(19)20/h5-8,15H,4H2,1-3H3/b14-9?,16-12-. The van der Waals surface area contributed by atoms with Gasteiger partial charge in [-0.2, -0.15) is 5.10 Å². The van der Waals surface area contributed by atoms with E-state index >= 15 is 0 Å². The molecule has 0 radical (unpaired) electrons. The van der Waals surface area contributed by atoms with E-state index in [1.54, 1.807) is 13.8 Å². The molecule has 0 amide bonds. The molecule has 0 spiro atoms. The zero-order valence-electron chi connectivity index (χ0n) is 12.0. The number of carbonyl (C=O) groups excluding carboxylic acids is 1. The van der Waals surface area contributed by atoms with E-state index in [9.17, 15) is 14.9 Å². The lowest BCUT2D eigenvalue weighted by Gasteiger charge is -2.06. The lowest BCUT2D eigenvalue weighted by atomic mass is 10.2. The van der Waals surface area contributed by atoms with Crippen molar-refractivity contribution in [2.45, 2.75) is 13.8 Å². The summed E-state index contributed by atoms with van der Waals surface area (Å²) in [6, 6.07) is 5.65. The van der Waals surface area contributed by atoms with Crippen LogP contribution in [0.1, 0.15) is 13.8 Å². The lowest BCUT2D eigenvalue weighted by molar-refractivity contribution is -0.384. The van der Waals surface area contributed by atoms with Crippen LogP contribution in [0.15, 0.2) is 34.4 Å². The van der Waals surface area contributed by atoms with Crippen molar-refractivity contribution in [2.75, 3.05) is 19.1 Å². The van der Waals surface area contributed by atoms with Gasteiger partial charge in [-0.25, -0.2) is 4.79 Å². The number of benzene rings is 1. The third-order valence-corrected chi connectivity index (χ3v) is 2.52. The van der Waals surface area contributed by atoms with Crippen LogP contribution in [0.3, 0.4) is 0 Å². The van der Waals surface area contributed by atoms with Crippen LogP contribution >= 0.6 is 0 Å². The second-order valence-electron chi connectivity index (χ2n) is 3.91. The van der Waals surface area contributed by atoms with Gasteiger partial charge in [0.05, 0.1) is 22.9 Å². The number of nitrogens with one attached hydrogen (secondary N) is 1.